The Balaban J connectivity index is 1.65. The standard InChI is InChI=1S/C21H32N4O2/c1-18(26)25(24-13-6-7-14-24)20-10-8-9-19(17-20)21(27)22(2)15-16-23-11-4-3-5-12-23/h8-10,17H,3-7,11-16H2,1-2H3. The number of amides is 2. The Morgan fingerprint density at radius 1 is 1.00 bits per heavy atom. The number of hydrogen-bond donors (Lipinski definition) is 0. The van der Waals surface area contributed by atoms with E-state index in [9.17, 15) is 9.59 Å². The molecule has 0 atom stereocenters. The van der Waals surface area contributed by atoms with E-state index in [4.69, 9.17) is 0 Å². The molecule has 0 spiro atoms. The van der Waals surface area contributed by atoms with E-state index < -0.39 is 0 Å². The summed E-state index contributed by atoms with van der Waals surface area (Å²) in [4.78, 5) is 29.3. The van der Waals surface area contributed by atoms with Crippen LogP contribution in [0, 0.1) is 0 Å². The lowest BCUT2D eigenvalue weighted by molar-refractivity contribution is -0.119. The molecule has 0 radical (unpaired) electrons. The first-order chi connectivity index (χ1) is 13.1. The van der Waals surface area contributed by atoms with Gasteiger partial charge in [0.25, 0.3) is 5.91 Å². The van der Waals surface area contributed by atoms with Crippen LogP contribution in [0.5, 0.6) is 0 Å². The number of likely N-dealkylation sites (tertiary alicyclic amines) is 1. The van der Waals surface area contributed by atoms with Crippen molar-refractivity contribution in [1.82, 2.24) is 14.8 Å². The second kappa shape index (κ2) is 9.33. The van der Waals surface area contributed by atoms with Gasteiger partial charge in [-0.25, -0.2) is 10.0 Å². The molecule has 2 fully saturated rings. The summed E-state index contributed by atoms with van der Waals surface area (Å²) in [6, 6.07) is 7.46. The molecule has 2 amide bonds. The average molecular weight is 373 g/mol. The molecule has 6 nitrogen and oxygen atoms in total. The molecule has 148 valence electrons. The van der Waals surface area contributed by atoms with Gasteiger partial charge < -0.3 is 9.80 Å². The second-order valence-corrected chi connectivity index (χ2v) is 7.67. The lowest BCUT2D eigenvalue weighted by Gasteiger charge is -2.31. The topological polar surface area (TPSA) is 47.1 Å². The van der Waals surface area contributed by atoms with Gasteiger partial charge in [0, 0.05) is 45.7 Å². The number of piperidine rings is 1. The summed E-state index contributed by atoms with van der Waals surface area (Å²) in [5.41, 5.74) is 1.42. The van der Waals surface area contributed by atoms with Gasteiger partial charge in [-0.3, -0.25) is 9.59 Å². The normalized spacial score (nSPS) is 18.4. The van der Waals surface area contributed by atoms with Crippen LogP contribution in [0.4, 0.5) is 5.69 Å². The van der Waals surface area contributed by atoms with E-state index >= 15 is 0 Å². The fraction of sp³-hybridized carbons (Fsp3) is 0.619. The summed E-state index contributed by atoms with van der Waals surface area (Å²) >= 11 is 0. The van der Waals surface area contributed by atoms with Gasteiger partial charge in [0.15, 0.2) is 0 Å². The fourth-order valence-corrected chi connectivity index (χ4v) is 4.01. The Kier molecular flexibility index (Phi) is 6.85. The molecule has 1 aromatic carbocycles. The van der Waals surface area contributed by atoms with Crippen molar-refractivity contribution in [3.63, 3.8) is 0 Å². The number of rotatable bonds is 6. The van der Waals surface area contributed by atoms with E-state index in [1.165, 1.54) is 19.3 Å². The Morgan fingerprint density at radius 2 is 1.67 bits per heavy atom. The molecule has 0 bridgehead atoms. The highest BCUT2D eigenvalue weighted by Crippen LogP contribution is 2.22. The zero-order chi connectivity index (χ0) is 19.2. The minimum absolute atomic E-state index is 0.0128. The lowest BCUT2D eigenvalue weighted by Crippen LogP contribution is -2.44. The molecule has 27 heavy (non-hydrogen) atoms. The van der Waals surface area contributed by atoms with E-state index in [0.717, 1.165) is 57.8 Å². The largest absolute Gasteiger partial charge is 0.340 e. The third-order valence-corrected chi connectivity index (χ3v) is 5.55. The number of carbonyl (C=O) groups excluding carboxylic acids is 2. The second-order valence-electron chi connectivity index (χ2n) is 7.67. The summed E-state index contributed by atoms with van der Waals surface area (Å²) in [5.74, 6) is -0.00117. The maximum atomic E-state index is 12.9. The van der Waals surface area contributed by atoms with Crippen LogP contribution in [-0.4, -0.2) is 72.9 Å². The van der Waals surface area contributed by atoms with Crippen molar-refractivity contribution in [2.24, 2.45) is 0 Å². The molecule has 1 aromatic rings. The molecule has 2 heterocycles. The maximum Gasteiger partial charge on any atom is 0.253 e. The predicted molar refractivity (Wildman–Crippen MR) is 108 cm³/mol. The smallest absolute Gasteiger partial charge is 0.253 e. The molecule has 0 saturated carbocycles. The monoisotopic (exact) mass is 372 g/mol. The van der Waals surface area contributed by atoms with E-state index in [1.54, 1.807) is 16.8 Å². The van der Waals surface area contributed by atoms with Gasteiger partial charge >= 0.3 is 0 Å². The molecule has 2 aliphatic rings. The van der Waals surface area contributed by atoms with Crippen molar-refractivity contribution in [3.05, 3.63) is 29.8 Å². The number of carbonyl (C=O) groups is 2. The summed E-state index contributed by atoms with van der Waals surface area (Å²) in [5, 5.41) is 3.80. The van der Waals surface area contributed by atoms with Crippen LogP contribution < -0.4 is 5.01 Å². The Hall–Kier alpha value is -1.92. The molecule has 3 rings (SSSR count). The molecular formula is C21H32N4O2. The van der Waals surface area contributed by atoms with Gasteiger partial charge in [-0.1, -0.05) is 12.5 Å². The summed E-state index contributed by atoms with van der Waals surface area (Å²) in [6.45, 7) is 7.28. The van der Waals surface area contributed by atoms with Crippen LogP contribution in [0.2, 0.25) is 0 Å². The van der Waals surface area contributed by atoms with Crippen molar-refractivity contribution in [2.75, 3.05) is 51.3 Å². The quantitative estimate of drug-likeness (QED) is 0.770. The third kappa shape index (κ3) is 5.08. The molecule has 0 aliphatic carbocycles. The van der Waals surface area contributed by atoms with Crippen molar-refractivity contribution in [1.29, 1.82) is 0 Å². The number of anilines is 1. The van der Waals surface area contributed by atoms with Gasteiger partial charge in [0.2, 0.25) is 5.91 Å². The van der Waals surface area contributed by atoms with Crippen LogP contribution in [0.15, 0.2) is 24.3 Å². The SMILES string of the molecule is CC(=O)N(c1cccc(C(=O)N(C)CCN2CCCCC2)c1)N1CCCC1. The van der Waals surface area contributed by atoms with Gasteiger partial charge in [-0.15, -0.1) is 0 Å². The fourth-order valence-electron chi connectivity index (χ4n) is 4.01. The summed E-state index contributed by atoms with van der Waals surface area (Å²) < 4.78 is 0. The van der Waals surface area contributed by atoms with Crippen LogP contribution in [0.25, 0.3) is 0 Å². The van der Waals surface area contributed by atoms with Crippen LogP contribution in [0.1, 0.15) is 49.4 Å². The highest BCUT2D eigenvalue weighted by Gasteiger charge is 2.24. The molecule has 0 N–H and O–H groups in total. The zero-order valence-corrected chi connectivity index (χ0v) is 16.7. The Morgan fingerprint density at radius 3 is 2.33 bits per heavy atom. The molecule has 2 saturated heterocycles. The lowest BCUT2D eigenvalue weighted by atomic mass is 10.1. The molecule has 2 aliphatic heterocycles. The molecular weight excluding hydrogens is 340 g/mol. The van der Waals surface area contributed by atoms with Crippen LogP contribution >= 0.6 is 0 Å². The number of hydrazine groups is 1. The third-order valence-electron chi connectivity index (χ3n) is 5.55. The van der Waals surface area contributed by atoms with Gasteiger partial charge in [0.05, 0.1) is 5.69 Å². The predicted octanol–water partition coefficient (Wildman–Crippen LogP) is 2.61. The Bertz CT molecular complexity index is 651. The molecule has 6 heteroatoms. The minimum Gasteiger partial charge on any atom is -0.340 e. The number of hydrogen-bond acceptors (Lipinski definition) is 4. The molecule has 0 aromatic heterocycles. The first-order valence-electron chi connectivity index (χ1n) is 10.2. The minimum atomic E-state index is -0.0139. The number of likely N-dealkylation sites (N-methyl/N-ethyl adjacent to an activating group) is 1. The van der Waals surface area contributed by atoms with Crippen molar-refractivity contribution in [3.8, 4) is 0 Å². The summed E-state index contributed by atoms with van der Waals surface area (Å²) in [7, 11) is 1.86. The van der Waals surface area contributed by atoms with Crippen molar-refractivity contribution >= 4 is 17.5 Å². The van der Waals surface area contributed by atoms with Gasteiger partial charge in [-0.2, -0.15) is 0 Å². The van der Waals surface area contributed by atoms with E-state index in [2.05, 4.69) is 9.91 Å². The van der Waals surface area contributed by atoms with Crippen LogP contribution in [-0.2, 0) is 4.79 Å². The molecule has 0 unspecified atom stereocenters. The van der Waals surface area contributed by atoms with Crippen molar-refractivity contribution < 1.29 is 9.59 Å². The maximum absolute atomic E-state index is 12.9. The van der Waals surface area contributed by atoms with Crippen molar-refractivity contribution in [2.45, 2.75) is 39.0 Å². The first-order valence-corrected chi connectivity index (χ1v) is 10.2. The first kappa shape index (κ1) is 19.8. The Labute approximate surface area is 162 Å². The van der Waals surface area contributed by atoms with Crippen LogP contribution in [0.3, 0.4) is 0 Å². The zero-order valence-electron chi connectivity index (χ0n) is 16.7. The van der Waals surface area contributed by atoms with Gasteiger partial charge in [-0.05, 0) is 57.0 Å². The van der Waals surface area contributed by atoms with E-state index in [1.807, 2.05) is 31.3 Å². The van der Waals surface area contributed by atoms with E-state index in [0.29, 0.717) is 5.56 Å². The van der Waals surface area contributed by atoms with E-state index in [-0.39, 0.29) is 11.8 Å². The average Bonchev–Trinajstić information content (AvgIpc) is 3.20. The number of nitrogens with zero attached hydrogens (tertiary/aromatic N) is 4. The highest BCUT2D eigenvalue weighted by atomic mass is 16.2. The number of benzene rings is 1. The van der Waals surface area contributed by atoms with Gasteiger partial charge in [0.1, 0.15) is 0 Å². The highest BCUT2D eigenvalue weighted by molar-refractivity contribution is 5.97. The summed E-state index contributed by atoms with van der Waals surface area (Å²) in [6.07, 6.45) is 6.04.